The smallest absolute Gasteiger partial charge is 0.354 e. The number of nitrogens with two attached hydrogens (primary N) is 1. The first kappa shape index (κ1) is 20.5. The van der Waals surface area contributed by atoms with Crippen LogP contribution in [-0.2, 0) is 12.6 Å². The van der Waals surface area contributed by atoms with E-state index in [1.54, 1.807) is 12.1 Å². The summed E-state index contributed by atoms with van der Waals surface area (Å²) in [6, 6.07) is 11.8. The molecule has 0 aliphatic heterocycles. The van der Waals surface area contributed by atoms with Gasteiger partial charge in [-0.05, 0) is 79.1 Å². The Hall–Kier alpha value is -2.27. The summed E-state index contributed by atoms with van der Waals surface area (Å²) in [6.45, 7) is 5.01. The average molecular weight is 388 g/mol. The summed E-state index contributed by atoms with van der Waals surface area (Å²) < 4.78 is 38.7. The zero-order chi connectivity index (χ0) is 20.3. The van der Waals surface area contributed by atoms with Gasteiger partial charge in [0.1, 0.15) is 0 Å². The van der Waals surface area contributed by atoms with Crippen LogP contribution in [0, 0.1) is 0 Å². The molecule has 28 heavy (non-hydrogen) atoms. The third kappa shape index (κ3) is 4.25. The molecular formula is C23H27F3N2. The summed E-state index contributed by atoms with van der Waals surface area (Å²) in [7, 11) is 0. The van der Waals surface area contributed by atoms with Gasteiger partial charge in [-0.2, -0.15) is 13.2 Å². The van der Waals surface area contributed by atoms with Gasteiger partial charge in [-0.1, -0.05) is 32.0 Å². The molecule has 150 valence electrons. The SMILES string of the molecule is CCC(C)c1ccc2[nH]c(-c3ccc(C(F)(F)F)cc3)c(CCCCN)c2c1. The maximum atomic E-state index is 12.9. The summed E-state index contributed by atoms with van der Waals surface area (Å²) >= 11 is 0. The first-order chi connectivity index (χ1) is 13.3. The molecular weight excluding hydrogens is 361 g/mol. The Morgan fingerprint density at radius 3 is 2.36 bits per heavy atom. The normalized spacial score (nSPS) is 13.2. The van der Waals surface area contributed by atoms with Crippen LogP contribution >= 0.6 is 0 Å². The van der Waals surface area contributed by atoms with Crippen molar-refractivity contribution in [3.63, 3.8) is 0 Å². The number of aromatic nitrogens is 1. The van der Waals surface area contributed by atoms with E-state index < -0.39 is 11.7 Å². The molecule has 3 aromatic rings. The number of alkyl halides is 3. The standard InChI is InChI=1S/C23H27F3N2/c1-3-15(2)17-9-12-21-20(14-17)19(6-4-5-13-27)22(28-21)16-7-10-18(11-8-16)23(24,25)26/h7-12,14-15,28H,3-6,13,27H2,1-2H3. The zero-order valence-electron chi connectivity index (χ0n) is 16.4. The van der Waals surface area contributed by atoms with E-state index in [0.29, 0.717) is 12.5 Å². The highest BCUT2D eigenvalue weighted by atomic mass is 19.4. The van der Waals surface area contributed by atoms with Crippen LogP contribution in [0.1, 0.15) is 55.7 Å². The Morgan fingerprint density at radius 2 is 1.75 bits per heavy atom. The second-order valence-corrected chi connectivity index (χ2v) is 7.41. The second-order valence-electron chi connectivity index (χ2n) is 7.41. The number of hydrogen-bond donors (Lipinski definition) is 2. The van der Waals surface area contributed by atoms with Gasteiger partial charge in [0.15, 0.2) is 0 Å². The average Bonchev–Trinajstić information content (AvgIpc) is 3.05. The van der Waals surface area contributed by atoms with Gasteiger partial charge in [0.2, 0.25) is 0 Å². The van der Waals surface area contributed by atoms with Crippen LogP contribution in [0.5, 0.6) is 0 Å². The molecule has 0 saturated heterocycles. The topological polar surface area (TPSA) is 41.8 Å². The minimum Gasteiger partial charge on any atom is -0.354 e. The monoisotopic (exact) mass is 388 g/mol. The van der Waals surface area contributed by atoms with E-state index in [4.69, 9.17) is 5.73 Å². The molecule has 0 aliphatic rings. The molecule has 0 radical (unpaired) electrons. The number of benzene rings is 2. The molecule has 0 spiro atoms. The van der Waals surface area contributed by atoms with Crippen molar-refractivity contribution in [1.29, 1.82) is 0 Å². The largest absolute Gasteiger partial charge is 0.416 e. The summed E-state index contributed by atoms with van der Waals surface area (Å²) in [5.74, 6) is 0.464. The molecule has 1 atom stereocenters. The van der Waals surface area contributed by atoms with Crippen LogP contribution in [0.2, 0.25) is 0 Å². The fourth-order valence-electron chi connectivity index (χ4n) is 3.59. The Kier molecular flexibility index (Phi) is 6.14. The van der Waals surface area contributed by atoms with E-state index in [-0.39, 0.29) is 0 Å². The molecule has 2 nitrogen and oxygen atoms in total. The molecule has 0 saturated carbocycles. The van der Waals surface area contributed by atoms with Crippen molar-refractivity contribution in [3.05, 3.63) is 59.2 Å². The lowest BCUT2D eigenvalue weighted by atomic mass is 9.94. The zero-order valence-corrected chi connectivity index (χ0v) is 16.4. The van der Waals surface area contributed by atoms with Gasteiger partial charge in [0.05, 0.1) is 5.56 Å². The second kappa shape index (κ2) is 8.39. The van der Waals surface area contributed by atoms with E-state index in [2.05, 4.69) is 37.0 Å². The van der Waals surface area contributed by atoms with Gasteiger partial charge in [0, 0.05) is 16.6 Å². The highest BCUT2D eigenvalue weighted by Gasteiger charge is 2.30. The number of fused-ring (bicyclic) bond motifs is 1. The number of nitrogens with one attached hydrogen (secondary N) is 1. The van der Waals surface area contributed by atoms with E-state index >= 15 is 0 Å². The fraction of sp³-hybridized carbons (Fsp3) is 0.391. The van der Waals surface area contributed by atoms with E-state index in [9.17, 15) is 13.2 Å². The molecule has 0 aliphatic carbocycles. The summed E-state index contributed by atoms with van der Waals surface area (Å²) in [4.78, 5) is 3.44. The van der Waals surface area contributed by atoms with Gasteiger partial charge < -0.3 is 10.7 Å². The Labute approximate surface area is 164 Å². The molecule has 0 bridgehead atoms. The van der Waals surface area contributed by atoms with Crippen molar-refractivity contribution < 1.29 is 13.2 Å². The number of aryl methyl sites for hydroxylation is 1. The predicted octanol–water partition coefficient (Wildman–Crippen LogP) is 6.65. The molecule has 5 heteroatoms. The van der Waals surface area contributed by atoms with Crippen LogP contribution < -0.4 is 5.73 Å². The van der Waals surface area contributed by atoms with Crippen LogP contribution in [0.3, 0.4) is 0 Å². The van der Waals surface area contributed by atoms with Crippen molar-refractivity contribution in [1.82, 2.24) is 4.98 Å². The van der Waals surface area contributed by atoms with E-state index in [1.807, 2.05) is 0 Å². The van der Waals surface area contributed by atoms with Crippen molar-refractivity contribution in [2.45, 2.75) is 51.6 Å². The highest BCUT2D eigenvalue weighted by Crippen LogP contribution is 2.36. The Balaban J connectivity index is 2.08. The lowest BCUT2D eigenvalue weighted by Gasteiger charge is -2.10. The molecule has 2 aromatic carbocycles. The lowest BCUT2D eigenvalue weighted by molar-refractivity contribution is -0.137. The number of halogens is 3. The van der Waals surface area contributed by atoms with Crippen molar-refractivity contribution in [3.8, 4) is 11.3 Å². The van der Waals surface area contributed by atoms with Crippen molar-refractivity contribution in [2.75, 3.05) is 6.54 Å². The Morgan fingerprint density at radius 1 is 1.04 bits per heavy atom. The maximum absolute atomic E-state index is 12.9. The van der Waals surface area contributed by atoms with Crippen LogP contribution in [-0.4, -0.2) is 11.5 Å². The number of rotatable bonds is 7. The molecule has 1 unspecified atom stereocenters. The van der Waals surface area contributed by atoms with Crippen LogP contribution in [0.25, 0.3) is 22.2 Å². The van der Waals surface area contributed by atoms with Gasteiger partial charge >= 0.3 is 6.18 Å². The predicted molar refractivity (Wildman–Crippen MR) is 109 cm³/mol. The van der Waals surface area contributed by atoms with Crippen LogP contribution in [0.15, 0.2) is 42.5 Å². The maximum Gasteiger partial charge on any atom is 0.416 e. The molecule has 3 N–H and O–H groups in total. The molecule has 1 aromatic heterocycles. The van der Waals surface area contributed by atoms with Gasteiger partial charge in [-0.15, -0.1) is 0 Å². The van der Waals surface area contributed by atoms with Crippen molar-refractivity contribution >= 4 is 10.9 Å². The van der Waals surface area contributed by atoms with Gasteiger partial charge in [-0.25, -0.2) is 0 Å². The number of hydrogen-bond acceptors (Lipinski definition) is 1. The summed E-state index contributed by atoms with van der Waals surface area (Å²) in [5, 5.41) is 1.16. The Bertz CT molecular complexity index is 923. The van der Waals surface area contributed by atoms with Crippen molar-refractivity contribution in [2.24, 2.45) is 5.73 Å². The molecule has 0 amide bonds. The molecule has 1 heterocycles. The molecule has 3 rings (SSSR count). The fourth-order valence-corrected chi connectivity index (χ4v) is 3.59. The molecule has 0 fully saturated rings. The van der Waals surface area contributed by atoms with Gasteiger partial charge in [0.25, 0.3) is 0 Å². The summed E-state index contributed by atoms with van der Waals surface area (Å²) in [5.41, 5.74) is 10.2. The minimum atomic E-state index is -4.33. The number of H-pyrrole nitrogens is 1. The first-order valence-electron chi connectivity index (χ1n) is 9.87. The minimum absolute atomic E-state index is 0.464. The number of aromatic amines is 1. The van der Waals surface area contributed by atoms with Gasteiger partial charge in [-0.3, -0.25) is 0 Å². The quantitative estimate of drug-likeness (QED) is 0.437. The van der Waals surface area contributed by atoms with E-state index in [0.717, 1.165) is 65.5 Å². The lowest BCUT2D eigenvalue weighted by Crippen LogP contribution is -2.04. The summed E-state index contributed by atoms with van der Waals surface area (Å²) in [6.07, 6.45) is -0.551. The van der Waals surface area contributed by atoms with Crippen LogP contribution in [0.4, 0.5) is 13.2 Å². The number of unbranched alkanes of at least 4 members (excludes halogenated alkanes) is 1. The first-order valence-corrected chi connectivity index (χ1v) is 9.87. The third-order valence-electron chi connectivity index (χ3n) is 5.49. The highest BCUT2D eigenvalue weighted by molar-refractivity contribution is 5.91. The van der Waals surface area contributed by atoms with E-state index in [1.165, 1.54) is 5.56 Å². The third-order valence-corrected chi connectivity index (χ3v) is 5.49.